The minimum absolute atomic E-state index is 0.00786. The standard InChI is InChI=1S/C19H21N3O3S2/c1-4-24-19(23)16-12(3)15-17(20-10-21-18(15)27-16)22-7-11(2)25-14(8-22)13-5-6-26-9-13/h5-6,9-11,14H,4,7-8H2,1-3H3. The lowest BCUT2D eigenvalue weighted by Crippen LogP contribution is -2.43. The second-order valence-corrected chi connectivity index (χ2v) is 8.33. The molecule has 8 heteroatoms. The zero-order valence-electron chi connectivity index (χ0n) is 15.5. The maximum Gasteiger partial charge on any atom is 0.348 e. The number of rotatable bonds is 4. The van der Waals surface area contributed by atoms with Gasteiger partial charge >= 0.3 is 5.97 Å². The summed E-state index contributed by atoms with van der Waals surface area (Å²) in [7, 11) is 0. The summed E-state index contributed by atoms with van der Waals surface area (Å²) in [5.41, 5.74) is 2.08. The Morgan fingerprint density at radius 1 is 1.41 bits per heavy atom. The predicted octanol–water partition coefficient (Wildman–Crippen LogP) is 4.20. The highest BCUT2D eigenvalue weighted by molar-refractivity contribution is 7.20. The molecule has 1 aliphatic heterocycles. The quantitative estimate of drug-likeness (QED) is 0.608. The molecule has 1 aliphatic rings. The molecule has 2 atom stereocenters. The molecular formula is C19H21N3O3S2. The first-order chi connectivity index (χ1) is 13.1. The molecule has 3 aromatic rings. The summed E-state index contributed by atoms with van der Waals surface area (Å²) in [4.78, 5) is 24.9. The topological polar surface area (TPSA) is 64.5 Å². The molecular weight excluding hydrogens is 382 g/mol. The number of hydrogen-bond acceptors (Lipinski definition) is 8. The molecule has 0 amide bonds. The molecule has 0 aromatic carbocycles. The first-order valence-electron chi connectivity index (χ1n) is 8.92. The molecule has 0 radical (unpaired) electrons. The van der Waals surface area contributed by atoms with E-state index in [-0.39, 0.29) is 18.2 Å². The van der Waals surface area contributed by atoms with E-state index in [1.54, 1.807) is 17.7 Å². The lowest BCUT2D eigenvalue weighted by molar-refractivity contribution is -0.0173. The van der Waals surface area contributed by atoms with Gasteiger partial charge in [0, 0.05) is 13.1 Å². The van der Waals surface area contributed by atoms with Crippen molar-refractivity contribution >= 4 is 44.7 Å². The van der Waals surface area contributed by atoms with Crippen molar-refractivity contribution in [3.05, 3.63) is 39.2 Å². The van der Waals surface area contributed by atoms with Crippen molar-refractivity contribution in [2.45, 2.75) is 33.0 Å². The SMILES string of the molecule is CCOC(=O)c1sc2ncnc(N3CC(C)OC(c4ccsc4)C3)c2c1C. The largest absolute Gasteiger partial charge is 0.462 e. The van der Waals surface area contributed by atoms with Crippen LogP contribution in [-0.2, 0) is 9.47 Å². The number of anilines is 1. The average Bonchev–Trinajstić information content (AvgIpc) is 3.30. The summed E-state index contributed by atoms with van der Waals surface area (Å²) in [5.74, 6) is 0.565. The molecule has 1 saturated heterocycles. The summed E-state index contributed by atoms with van der Waals surface area (Å²) in [5, 5.41) is 5.13. The smallest absolute Gasteiger partial charge is 0.348 e. The Morgan fingerprint density at radius 2 is 2.26 bits per heavy atom. The van der Waals surface area contributed by atoms with Gasteiger partial charge in [0.25, 0.3) is 0 Å². The van der Waals surface area contributed by atoms with Gasteiger partial charge in [0.15, 0.2) is 0 Å². The molecule has 142 valence electrons. The highest BCUT2D eigenvalue weighted by atomic mass is 32.1. The molecule has 1 fully saturated rings. The number of aryl methyl sites for hydroxylation is 1. The Balaban J connectivity index is 1.73. The van der Waals surface area contributed by atoms with Gasteiger partial charge in [-0.25, -0.2) is 14.8 Å². The van der Waals surface area contributed by atoms with Crippen molar-refractivity contribution in [3.63, 3.8) is 0 Å². The van der Waals surface area contributed by atoms with Crippen LogP contribution in [0.5, 0.6) is 0 Å². The van der Waals surface area contributed by atoms with E-state index in [1.807, 2.05) is 13.8 Å². The Morgan fingerprint density at radius 3 is 3.00 bits per heavy atom. The summed E-state index contributed by atoms with van der Waals surface area (Å²) in [6.07, 6.45) is 1.66. The molecule has 0 aliphatic carbocycles. The van der Waals surface area contributed by atoms with Gasteiger partial charge in [-0.3, -0.25) is 0 Å². The highest BCUT2D eigenvalue weighted by Crippen LogP contribution is 2.37. The molecule has 0 N–H and O–H groups in total. The van der Waals surface area contributed by atoms with Gasteiger partial charge in [-0.15, -0.1) is 11.3 Å². The van der Waals surface area contributed by atoms with Crippen molar-refractivity contribution in [2.75, 3.05) is 24.6 Å². The Kier molecular flexibility index (Phi) is 5.12. The second-order valence-electron chi connectivity index (χ2n) is 6.55. The van der Waals surface area contributed by atoms with Crippen molar-refractivity contribution in [1.29, 1.82) is 0 Å². The van der Waals surface area contributed by atoms with E-state index < -0.39 is 0 Å². The third kappa shape index (κ3) is 3.44. The summed E-state index contributed by atoms with van der Waals surface area (Å²) >= 11 is 3.04. The lowest BCUT2D eigenvalue weighted by Gasteiger charge is -2.37. The fourth-order valence-corrected chi connectivity index (χ4v) is 5.19. The summed E-state index contributed by atoms with van der Waals surface area (Å²) in [6.45, 7) is 7.65. The normalized spacial score (nSPS) is 20.2. The molecule has 0 bridgehead atoms. The van der Waals surface area contributed by atoms with Gasteiger partial charge in [0.2, 0.25) is 0 Å². The van der Waals surface area contributed by atoms with Crippen LogP contribution in [-0.4, -0.2) is 41.7 Å². The van der Waals surface area contributed by atoms with Gasteiger partial charge in [-0.1, -0.05) is 0 Å². The number of nitrogens with zero attached hydrogens (tertiary/aromatic N) is 3. The Bertz CT molecular complexity index is 955. The fraction of sp³-hybridized carbons (Fsp3) is 0.421. The van der Waals surface area contributed by atoms with Crippen LogP contribution in [0.25, 0.3) is 10.2 Å². The number of hydrogen-bond donors (Lipinski definition) is 0. The lowest BCUT2D eigenvalue weighted by atomic mass is 10.1. The molecule has 0 spiro atoms. The van der Waals surface area contributed by atoms with Crippen LogP contribution in [0, 0.1) is 6.92 Å². The molecule has 27 heavy (non-hydrogen) atoms. The summed E-state index contributed by atoms with van der Waals surface area (Å²) < 4.78 is 11.3. The van der Waals surface area contributed by atoms with Crippen LogP contribution < -0.4 is 4.90 Å². The minimum Gasteiger partial charge on any atom is -0.462 e. The number of carbonyl (C=O) groups excluding carboxylic acids is 1. The fourth-order valence-electron chi connectivity index (χ4n) is 3.45. The van der Waals surface area contributed by atoms with E-state index in [0.717, 1.165) is 34.7 Å². The molecule has 6 nitrogen and oxygen atoms in total. The Labute approximate surface area is 165 Å². The minimum atomic E-state index is -0.296. The van der Waals surface area contributed by atoms with Crippen LogP contribution in [0.4, 0.5) is 5.82 Å². The van der Waals surface area contributed by atoms with Gasteiger partial charge in [-0.2, -0.15) is 11.3 Å². The van der Waals surface area contributed by atoms with E-state index >= 15 is 0 Å². The molecule has 4 heterocycles. The zero-order valence-corrected chi connectivity index (χ0v) is 17.1. The number of esters is 1. The number of carbonyl (C=O) groups is 1. The molecule has 3 aromatic heterocycles. The van der Waals surface area contributed by atoms with E-state index in [4.69, 9.17) is 9.47 Å². The highest BCUT2D eigenvalue weighted by Gasteiger charge is 2.30. The zero-order chi connectivity index (χ0) is 19.0. The first-order valence-corrected chi connectivity index (χ1v) is 10.7. The number of ether oxygens (including phenoxy) is 2. The average molecular weight is 404 g/mol. The van der Waals surface area contributed by atoms with Gasteiger partial charge in [-0.05, 0) is 48.7 Å². The van der Waals surface area contributed by atoms with E-state index in [2.05, 4.69) is 38.6 Å². The van der Waals surface area contributed by atoms with Gasteiger partial charge in [0.1, 0.15) is 28.0 Å². The van der Waals surface area contributed by atoms with Gasteiger partial charge in [0.05, 0.1) is 18.1 Å². The van der Waals surface area contributed by atoms with Gasteiger partial charge < -0.3 is 14.4 Å². The summed E-state index contributed by atoms with van der Waals surface area (Å²) in [6, 6.07) is 2.11. The number of fused-ring (bicyclic) bond motifs is 1. The van der Waals surface area contributed by atoms with Crippen LogP contribution in [0.15, 0.2) is 23.2 Å². The van der Waals surface area contributed by atoms with Crippen molar-refractivity contribution in [3.8, 4) is 0 Å². The van der Waals surface area contributed by atoms with E-state index in [0.29, 0.717) is 11.5 Å². The van der Waals surface area contributed by atoms with Crippen LogP contribution >= 0.6 is 22.7 Å². The maximum absolute atomic E-state index is 12.3. The van der Waals surface area contributed by atoms with Crippen LogP contribution in [0.3, 0.4) is 0 Å². The molecule has 4 rings (SSSR count). The van der Waals surface area contributed by atoms with Crippen molar-refractivity contribution < 1.29 is 14.3 Å². The molecule has 2 unspecified atom stereocenters. The van der Waals surface area contributed by atoms with Crippen molar-refractivity contribution in [2.24, 2.45) is 0 Å². The Hall–Kier alpha value is -2.03. The molecule has 0 saturated carbocycles. The number of thiophene rings is 2. The van der Waals surface area contributed by atoms with E-state index in [9.17, 15) is 4.79 Å². The second kappa shape index (κ2) is 7.53. The monoisotopic (exact) mass is 403 g/mol. The van der Waals surface area contributed by atoms with Crippen LogP contribution in [0.2, 0.25) is 0 Å². The number of aromatic nitrogens is 2. The first kappa shape index (κ1) is 18.3. The van der Waals surface area contributed by atoms with Crippen molar-refractivity contribution in [1.82, 2.24) is 9.97 Å². The number of morpholine rings is 1. The predicted molar refractivity (Wildman–Crippen MR) is 108 cm³/mol. The maximum atomic E-state index is 12.3. The van der Waals surface area contributed by atoms with Crippen LogP contribution in [0.1, 0.15) is 40.8 Å². The van der Waals surface area contributed by atoms with E-state index in [1.165, 1.54) is 16.9 Å². The third-order valence-electron chi connectivity index (χ3n) is 4.64. The third-order valence-corrected chi connectivity index (χ3v) is 6.52.